The smallest absolute Gasteiger partial charge is 0.193 e. The minimum atomic E-state index is 0.616. The summed E-state index contributed by atoms with van der Waals surface area (Å²) in [7, 11) is 3.64. The second kappa shape index (κ2) is 7.71. The fraction of sp³-hybridized carbons (Fsp3) is 0.526. The largest absolute Gasteiger partial charge is 0.384 e. The first-order chi connectivity index (χ1) is 11.7. The Morgan fingerprint density at radius 3 is 3.12 bits per heavy atom. The molecule has 1 atom stereocenters. The molecule has 1 aromatic heterocycles. The highest BCUT2D eigenvalue weighted by atomic mass is 16.5. The molecule has 0 saturated carbocycles. The van der Waals surface area contributed by atoms with Gasteiger partial charge in [0, 0.05) is 56.8 Å². The maximum atomic E-state index is 5.28. The van der Waals surface area contributed by atoms with Crippen LogP contribution in [0.25, 0.3) is 10.9 Å². The van der Waals surface area contributed by atoms with Crippen molar-refractivity contribution < 1.29 is 4.74 Å². The summed E-state index contributed by atoms with van der Waals surface area (Å²) in [5.41, 5.74) is 3.90. The summed E-state index contributed by atoms with van der Waals surface area (Å²) in [5, 5.41) is 4.84. The highest BCUT2D eigenvalue weighted by Crippen LogP contribution is 2.21. The quantitative estimate of drug-likeness (QED) is 0.655. The van der Waals surface area contributed by atoms with Crippen molar-refractivity contribution in [2.45, 2.75) is 19.8 Å². The SMILES string of the molecule is CN=C(NCCc1c[nH]c2c(C)cccc12)N1CCC(COC)C1. The van der Waals surface area contributed by atoms with Crippen LogP contribution >= 0.6 is 0 Å². The van der Waals surface area contributed by atoms with Gasteiger partial charge in [0.25, 0.3) is 0 Å². The van der Waals surface area contributed by atoms with Crippen LogP contribution in [-0.2, 0) is 11.2 Å². The Labute approximate surface area is 144 Å². The van der Waals surface area contributed by atoms with E-state index in [0.29, 0.717) is 5.92 Å². The Balaban J connectivity index is 1.56. The molecule has 2 aromatic rings. The number of rotatable bonds is 5. The monoisotopic (exact) mass is 328 g/mol. The zero-order chi connectivity index (χ0) is 16.9. The molecule has 130 valence electrons. The number of H-pyrrole nitrogens is 1. The normalized spacial score (nSPS) is 18.5. The van der Waals surface area contributed by atoms with E-state index in [4.69, 9.17) is 4.74 Å². The number of methoxy groups -OCH3 is 1. The maximum absolute atomic E-state index is 5.28. The molecule has 2 N–H and O–H groups in total. The highest BCUT2D eigenvalue weighted by molar-refractivity contribution is 5.86. The highest BCUT2D eigenvalue weighted by Gasteiger charge is 2.24. The van der Waals surface area contributed by atoms with Gasteiger partial charge in [-0.25, -0.2) is 0 Å². The average molecular weight is 328 g/mol. The van der Waals surface area contributed by atoms with Crippen LogP contribution in [0.1, 0.15) is 17.5 Å². The number of benzene rings is 1. The molecule has 0 spiro atoms. The number of ether oxygens (including phenoxy) is 1. The first kappa shape index (κ1) is 16.8. The van der Waals surface area contributed by atoms with Crippen LogP contribution < -0.4 is 5.32 Å². The average Bonchev–Trinajstić information content (AvgIpc) is 3.20. The fourth-order valence-electron chi connectivity index (χ4n) is 3.61. The van der Waals surface area contributed by atoms with Gasteiger partial charge < -0.3 is 19.9 Å². The van der Waals surface area contributed by atoms with Crippen LogP contribution in [0, 0.1) is 12.8 Å². The molecule has 1 fully saturated rings. The Bertz CT molecular complexity index is 706. The van der Waals surface area contributed by atoms with Crippen molar-refractivity contribution in [3.63, 3.8) is 0 Å². The number of aliphatic imine (C=N–C) groups is 1. The number of para-hydroxylation sites is 1. The predicted molar refractivity (Wildman–Crippen MR) is 99.7 cm³/mol. The molecule has 3 rings (SSSR count). The number of nitrogens with one attached hydrogen (secondary N) is 2. The second-order valence-corrected chi connectivity index (χ2v) is 6.59. The minimum Gasteiger partial charge on any atom is -0.384 e. The summed E-state index contributed by atoms with van der Waals surface area (Å²) < 4.78 is 5.28. The number of hydrogen-bond acceptors (Lipinski definition) is 2. The van der Waals surface area contributed by atoms with E-state index in [9.17, 15) is 0 Å². The summed E-state index contributed by atoms with van der Waals surface area (Å²) in [6.07, 6.45) is 4.29. The van der Waals surface area contributed by atoms with Gasteiger partial charge in [0.15, 0.2) is 5.96 Å². The number of aromatic nitrogens is 1. The first-order valence-electron chi connectivity index (χ1n) is 8.73. The fourth-order valence-corrected chi connectivity index (χ4v) is 3.61. The molecule has 2 heterocycles. The number of fused-ring (bicyclic) bond motifs is 1. The lowest BCUT2D eigenvalue weighted by Crippen LogP contribution is -2.41. The summed E-state index contributed by atoms with van der Waals surface area (Å²) in [6, 6.07) is 6.47. The molecular formula is C19H28N4O. The third-order valence-corrected chi connectivity index (χ3v) is 4.89. The number of aromatic amines is 1. The Morgan fingerprint density at radius 1 is 1.46 bits per heavy atom. The molecule has 1 aliphatic heterocycles. The summed E-state index contributed by atoms with van der Waals surface area (Å²) in [5.74, 6) is 1.62. The molecule has 5 nitrogen and oxygen atoms in total. The van der Waals surface area contributed by atoms with E-state index in [-0.39, 0.29) is 0 Å². The lowest BCUT2D eigenvalue weighted by Gasteiger charge is -2.21. The molecule has 1 aromatic carbocycles. The van der Waals surface area contributed by atoms with E-state index in [0.717, 1.165) is 38.6 Å². The molecule has 0 amide bonds. The van der Waals surface area contributed by atoms with Crippen molar-refractivity contribution in [3.05, 3.63) is 35.5 Å². The summed E-state index contributed by atoms with van der Waals surface area (Å²) in [4.78, 5) is 10.2. The van der Waals surface area contributed by atoms with Gasteiger partial charge in [0.05, 0.1) is 6.61 Å². The molecule has 0 radical (unpaired) electrons. The maximum Gasteiger partial charge on any atom is 0.193 e. The number of likely N-dealkylation sites (tertiary alicyclic amines) is 1. The lowest BCUT2D eigenvalue weighted by molar-refractivity contribution is 0.157. The van der Waals surface area contributed by atoms with Crippen LogP contribution in [0.3, 0.4) is 0 Å². The van der Waals surface area contributed by atoms with Gasteiger partial charge in [0.1, 0.15) is 0 Å². The zero-order valence-electron chi connectivity index (χ0n) is 14.9. The van der Waals surface area contributed by atoms with E-state index in [1.807, 2.05) is 7.05 Å². The topological polar surface area (TPSA) is 52.7 Å². The van der Waals surface area contributed by atoms with Crippen molar-refractivity contribution >= 4 is 16.9 Å². The van der Waals surface area contributed by atoms with E-state index in [1.165, 1.54) is 28.5 Å². The van der Waals surface area contributed by atoms with Crippen LogP contribution in [0.15, 0.2) is 29.4 Å². The van der Waals surface area contributed by atoms with Crippen molar-refractivity contribution in [2.24, 2.45) is 10.9 Å². The molecule has 0 bridgehead atoms. The van der Waals surface area contributed by atoms with Crippen LogP contribution in [-0.4, -0.2) is 56.2 Å². The number of hydrogen-bond donors (Lipinski definition) is 2. The van der Waals surface area contributed by atoms with E-state index in [1.54, 1.807) is 7.11 Å². The summed E-state index contributed by atoms with van der Waals surface area (Å²) in [6.45, 7) is 5.95. The van der Waals surface area contributed by atoms with E-state index in [2.05, 4.69) is 51.5 Å². The Kier molecular flexibility index (Phi) is 5.41. The molecule has 1 unspecified atom stereocenters. The van der Waals surface area contributed by atoms with E-state index < -0.39 is 0 Å². The number of guanidine groups is 1. The van der Waals surface area contributed by atoms with Gasteiger partial charge in [-0.15, -0.1) is 0 Å². The van der Waals surface area contributed by atoms with Crippen LogP contribution in [0.5, 0.6) is 0 Å². The van der Waals surface area contributed by atoms with Gasteiger partial charge in [0.2, 0.25) is 0 Å². The Hall–Kier alpha value is -2.01. The molecule has 5 heteroatoms. The number of aryl methyl sites for hydroxylation is 1. The predicted octanol–water partition coefficient (Wildman–Crippen LogP) is 2.56. The van der Waals surface area contributed by atoms with Gasteiger partial charge in [-0.2, -0.15) is 0 Å². The molecule has 1 saturated heterocycles. The van der Waals surface area contributed by atoms with Gasteiger partial charge in [-0.3, -0.25) is 4.99 Å². The first-order valence-corrected chi connectivity index (χ1v) is 8.73. The number of nitrogens with zero attached hydrogens (tertiary/aromatic N) is 2. The van der Waals surface area contributed by atoms with E-state index >= 15 is 0 Å². The lowest BCUT2D eigenvalue weighted by atomic mass is 10.1. The minimum absolute atomic E-state index is 0.616. The van der Waals surface area contributed by atoms with Gasteiger partial charge >= 0.3 is 0 Å². The van der Waals surface area contributed by atoms with Gasteiger partial charge in [-0.1, -0.05) is 18.2 Å². The second-order valence-electron chi connectivity index (χ2n) is 6.59. The summed E-state index contributed by atoms with van der Waals surface area (Å²) >= 11 is 0. The van der Waals surface area contributed by atoms with Crippen LogP contribution in [0.4, 0.5) is 0 Å². The van der Waals surface area contributed by atoms with Crippen molar-refractivity contribution in [1.29, 1.82) is 0 Å². The molecule has 1 aliphatic rings. The third-order valence-electron chi connectivity index (χ3n) is 4.89. The van der Waals surface area contributed by atoms with Gasteiger partial charge in [-0.05, 0) is 30.9 Å². The van der Waals surface area contributed by atoms with Crippen LogP contribution in [0.2, 0.25) is 0 Å². The zero-order valence-corrected chi connectivity index (χ0v) is 14.9. The molecule has 24 heavy (non-hydrogen) atoms. The molecular weight excluding hydrogens is 300 g/mol. The van der Waals surface area contributed by atoms with Crippen molar-refractivity contribution in [3.8, 4) is 0 Å². The third kappa shape index (κ3) is 3.56. The standard InChI is InChI=1S/C19H28N4O/c1-14-5-4-6-17-16(11-22-18(14)17)7-9-21-19(20-2)23-10-8-15(12-23)13-24-3/h4-6,11,15,22H,7-10,12-13H2,1-3H3,(H,20,21). The van der Waals surface area contributed by atoms with Crippen molar-refractivity contribution in [1.82, 2.24) is 15.2 Å². The van der Waals surface area contributed by atoms with Crippen molar-refractivity contribution in [2.75, 3.05) is 40.4 Å². The Morgan fingerprint density at radius 2 is 2.33 bits per heavy atom. The molecule has 0 aliphatic carbocycles.